The van der Waals surface area contributed by atoms with Crippen LogP contribution in [0.1, 0.15) is 24.4 Å². The van der Waals surface area contributed by atoms with Crippen LogP contribution in [0.2, 0.25) is 5.02 Å². The fraction of sp³-hybridized carbons (Fsp3) is 0.400. The van der Waals surface area contributed by atoms with Crippen molar-refractivity contribution in [1.82, 2.24) is 5.48 Å². The number of halogens is 1. The minimum Gasteiger partial charge on any atom is -0.316 e. The summed E-state index contributed by atoms with van der Waals surface area (Å²) in [7, 11) is 0. The van der Waals surface area contributed by atoms with Crippen molar-refractivity contribution in [2.75, 3.05) is 0 Å². The highest BCUT2D eigenvalue weighted by Crippen LogP contribution is 2.40. The second kappa shape index (κ2) is 3.66. The minimum absolute atomic E-state index is 0.0808. The monoisotopic (exact) mass is 197 g/mol. The molecule has 1 aliphatic rings. The van der Waals surface area contributed by atoms with Gasteiger partial charge in [-0.1, -0.05) is 23.7 Å². The van der Waals surface area contributed by atoms with Crippen LogP contribution in [0.4, 0.5) is 0 Å². The molecule has 0 saturated heterocycles. The van der Waals surface area contributed by atoms with E-state index in [4.69, 9.17) is 16.8 Å². The van der Waals surface area contributed by atoms with Crippen molar-refractivity contribution in [3.8, 4) is 0 Å². The van der Waals surface area contributed by atoms with Gasteiger partial charge in [0.05, 0.1) is 6.04 Å². The number of rotatable bonds is 3. The first-order chi connectivity index (χ1) is 6.31. The summed E-state index contributed by atoms with van der Waals surface area (Å²) in [5.74, 6) is 0.589. The highest BCUT2D eigenvalue weighted by atomic mass is 35.5. The SMILES string of the molecule is ONC(c1ccc(Cl)cc1)C1CC1. The Morgan fingerprint density at radius 1 is 1.31 bits per heavy atom. The minimum atomic E-state index is 0.0808. The second-order valence-corrected chi connectivity index (χ2v) is 3.93. The normalized spacial score (nSPS) is 18.6. The average molecular weight is 198 g/mol. The largest absolute Gasteiger partial charge is 0.316 e. The van der Waals surface area contributed by atoms with E-state index >= 15 is 0 Å². The highest BCUT2D eigenvalue weighted by molar-refractivity contribution is 6.30. The predicted octanol–water partition coefficient (Wildman–Crippen LogP) is 2.77. The first kappa shape index (κ1) is 9.00. The van der Waals surface area contributed by atoms with Gasteiger partial charge in [-0.3, -0.25) is 0 Å². The van der Waals surface area contributed by atoms with Crippen LogP contribution in [0.3, 0.4) is 0 Å². The molecule has 0 heterocycles. The molecule has 3 heteroatoms. The van der Waals surface area contributed by atoms with E-state index in [1.807, 2.05) is 24.3 Å². The third-order valence-electron chi connectivity index (χ3n) is 2.46. The molecule has 1 unspecified atom stereocenters. The maximum Gasteiger partial charge on any atom is 0.0597 e. The predicted molar refractivity (Wildman–Crippen MR) is 51.8 cm³/mol. The molecule has 0 bridgehead atoms. The molecular weight excluding hydrogens is 186 g/mol. The average Bonchev–Trinajstić information content (AvgIpc) is 2.93. The fourth-order valence-corrected chi connectivity index (χ4v) is 1.68. The molecule has 1 aliphatic carbocycles. The van der Waals surface area contributed by atoms with Crippen LogP contribution >= 0.6 is 11.6 Å². The van der Waals surface area contributed by atoms with E-state index in [0.29, 0.717) is 5.92 Å². The van der Waals surface area contributed by atoms with Gasteiger partial charge in [0.15, 0.2) is 0 Å². The lowest BCUT2D eigenvalue weighted by Gasteiger charge is -2.13. The molecule has 1 aromatic rings. The highest BCUT2D eigenvalue weighted by Gasteiger charge is 2.31. The smallest absolute Gasteiger partial charge is 0.0597 e. The standard InChI is InChI=1S/C10H12ClNO/c11-9-5-3-8(4-6-9)10(12-13)7-1-2-7/h3-7,10,12-13H,1-2H2. The summed E-state index contributed by atoms with van der Waals surface area (Å²) in [4.78, 5) is 0. The lowest BCUT2D eigenvalue weighted by Crippen LogP contribution is -2.18. The number of nitrogens with one attached hydrogen (secondary N) is 1. The molecule has 1 atom stereocenters. The van der Waals surface area contributed by atoms with Crippen molar-refractivity contribution in [3.63, 3.8) is 0 Å². The number of benzene rings is 1. The third-order valence-corrected chi connectivity index (χ3v) is 2.71. The number of hydrogen-bond donors (Lipinski definition) is 2. The van der Waals surface area contributed by atoms with Gasteiger partial charge in [0.25, 0.3) is 0 Å². The summed E-state index contributed by atoms with van der Waals surface area (Å²) in [6.07, 6.45) is 2.39. The lowest BCUT2D eigenvalue weighted by atomic mass is 10.0. The van der Waals surface area contributed by atoms with E-state index in [-0.39, 0.29) is 6.04 Å². The van der Waals surface area contributed by atoms with Gasteiger partial charge >= 0.3 is 0 Å². The summed E-state index contributed by atoms with van der Waals surface area (Å²) in [5, 5.41) is 9.71. The first-order valence-corrected chi connectivity index (χ1v) is 4.84. The van der Waals surface area contributed by atoms with Crippen LogP contribution < -0.4 is 5.48 Å². The molecular formula is C10H12ClNO. The van der Waals surface area contributed by atoms with Crippen molar-refractivity contribution in [3.05, 3.63) is 34.9 Å². The van der Waals surface area contributed by atoms with Gasteiger partial charge in [-0.15, -0.1) is 0 Å². The van der Waals surface area contributed by atoms with Gasteiger partial charge in [0.1, 0.15) is 0 Å². The Hall–Kier alpha value is -0.570. The Morgan fingerprint density at radius 3 is 2.38 bits per heavy atom. The molecule has 2 nitrogen and oxygen atoms in total. The molecule has 1 fully saturated rings. The van der Waals surface area contributed by atoms with Crippen LogP contribution in [0.5, 0.6) is 0 Å². The second-order valence-electron chi connectivity index (χ2n) is 3.50. The number of hydroxylamine groups is 1. The Morgan fingerprint density at radius 2 is 1.92 bits per heavy atom. The van der Waals surface area contributed by atoms with E-state index in [1.165, 1.54) is 12.8 Å². The van der Waals surface area contributed by atoms with Crippen LogP contribution in [-0.4, -0.2) is 5.21 Å². The van der Waals surface area contributed by atoms with E-state index in [9.17, 15) is 0 Å². The van der Waals surface area contributed by atoms with Crippen LogP contribution in [0.25, 0.3) is 0 Å². The third kappa shape index (κ3) is 2.02. The Kier molecular flexibility index (Phi) is 2.54. The van der Waals surface area contributed by atoms with E-state index in [1.54, 1.807) is 0 Å². The van der Waals surface area contributed by atoms with Crippen molar-refractivity contribution in [2.24, 2.45) is 5.92 Å². The molecule has 1 aromatic carbocycles. The van der Waals surface area contributed by atoms with Gasteiger partial charge in [0.2, 0.25) is 0 Å². The van der Waals surface area contributed by atoms with E-state index in [0.717, 1.165) is 10.6 Å². The zero-order valence-electron chi connectivity index (χ0n) is 7.20. The molecule has 13 heavy (non-hydrogen) atoms. The van der Waals surface area contributed by atoms with Crippen molar-refractivity contribution >= 4 is 11.6 Å². The summed E-state index contributed by atoms with van der Waals surface area (Å²) in [5.41, 5.74) is 3.46. The van der Waals surface area contributed by atoms with Gasteiger partial charge in [-0.25, -0.2) is 0 Å². The summed E-state index contributed by atoms with van der Waals surface area (Å²) in [6, 6.07) is 7.69. The topological polar surface area (TPSA) is 32.3 Å². The molecule has 0 spiro atoms. The molecule has 2 rings (SSSR count). The molecule has 0 amide bonds. The molecule has 70 valence electrons. The van der Waals surface area contributed by atoms with Gasteiger partial charge in [0, 0.05) is 5.02 Å². The van der Waals surface area contributed by atoms with E-state index < -0.39 is 0 Å². The van der Waals surface area contributed by atoms with Crippen LogP contribution in [0.15, 0.2) is 24.3 Å². The van der Waals surface area contributed by atoms with E-state index in [2.05, 4.69) is 5.48 Å². The maximum absolute atomic E-state index is 8.98. The Bertz CT molecular complexity index is 281. The number of hydrogen-bond acceptors (Lipinski definition) is 2. The van der Waals surface area contributed by atoms with Crippen molar-refractivity contribution in [1.29, 1.82) is 0 Å². The molecule has 0 aliphatic heterocycles. The van der Waals surface area contributed by atoms with Gasteiger partial charge in [-0.05, 0) is 36.5 Å². The van der Waals surface area contributed by atoms with Crippen LogP contribution in [0, 0.1) is 5.92 Å². The molecule has 1 saturated carbocycles. The van der Waals surface area contributed by atoms with Crippen molar-refractivity contribution < 1.29 is 5.21 Å². The zero-order valence-corrected chi connectivity index (χ0v) is 7.96. The summed E-state index contributed by atoms with van der Waals surface area (Å²) >= 11 is 5.77. The lowest BCUT2D eigenvalue weighted by molar-refractivity contribution is 0.116. The van der Waals surface area contributed by atoms with Gasteiger partial charge in [-0.2, -0.15) is 5.48 Å². The van der Waals surface area contributed by atoms with Crippen LogP contribution in [-0.2, 0) is 0 Å². The quantitative estimate of drug-likeness (QED) is 0.731. The summed E-state index contributed by atoms with van der Waals surface area (Å²) < 4.78 is 0. The molecule has 0 aromatic heterocycles. The fourth-order valence-electron chi connectivity index (χ4n) is 1.55. The molecule has 2 N–H and O–H groups in total. The van der Waals surface area contributed by atoms with Crippen molar-refractivity contribution in [2.45, 2.75) is 18.9 Å². The maximum atomic E-state index is 8.98. The Labute approximate surface area is 82.5 Å². The first-order valence-electron chi connectivity index (χ1n) is 4.46. The molecule has 0 radical (unpaired) electrons. The summed E-state index contributed by atoms with van der Waals surface area (Å²) in [6.45, 7) is 0. The zero-order chi connectivity index (χ0) is 9.26. The Balaban J connectivity index is 2.17. The van der Waals surface area contributed by atoms with Gasteiger partial charge < -0.3 is 5.21 Å².